The van der Waals surface area contributed by atoms with Crippen molar-refractivity contribution in [2.24, 2.45) is 0 Å². The topological polar surface area (TPSA) is 58.2 Å². The number of urea groups is 1. The average molecular weight is 249 g/mol. The highest BCUT2D eigenvalue weighted by atomic mass is 35.5. The van der Waals surface area contributed by atoms with Crippen molar-refractivity contribution < 1.29 is 18.4 Å². The second-order valence-electron chi connectivity index (χ2n) is 2.73. The molecule has 0 aliphatic carbocycles. The number of para-hydroxylation sites is 1. The Kier molecular flexibility index (Phi) is 4.19. The first-order valence-corrected chi connectivity index (χ1v) is 4.69. The molecule has 86 valence electrons. The maximum absolute atomic E-state index is 13.0. The maximum Gasteiger partial charge on any atom is 0.326 e. The highest BCUT2D eigenvalue weighted by molar-refractivity contribution is 6.28. The van der Waals surface area contributed by atoms with Crippen LogP contribution < -0.4 is 10.6 Å². The van der Waals surface area contributed by atoms with Gasteiger partial charge in [-0.3, -0.25) is 10.1 Å². The Morgan fingerprint density at radius 2 is 1.81 bits per heavy atom. The van der Waals surface area contributed by atoms with Gasteiger partial charge in [0.2, 0.25) is 5.91 Å². The van der Waals surface area contributed by atoms with Crippen LogP contribution in [0, 0.1) is 11.6 Å². The fourth-order valence-electron chi connectivity index (χ4n) is 0.922. The van der Waals surface area contributed by atoms with E-state index in [9.17, 15) is 18.4 Å². The zero-order valence-corrected chi connectivity index (χ0v) is 8.65. The van der Waals surface area contributed by atoms with E-state index in [0.29, 0.717) is 0 Å². The summed E-state index contributed by atoms with van der Waals surface area (Å²) in [6.45, 7) is 0. The third-order valence-corrected chi connectivity index (χ3v) is 1.82. The van der Waals surface area contributed by atoms with Crippen molar-refractivity contribution >= 4 is 29.2 Å². The van der Waals surface area contributed by atoms with Gasteiger partial charge in [-0.1, -0.05) is 6.07 Å². The summed E-state index contributed by atoms with van der Waals surface area (Å²) in [7, 11) is 0. The van der Waals surface area contributed by atoms with E-state index in [-0.39, 0.29) is 0 Å². The predicted octanol–water partition coefficient (Wildman–Crippen LogP) is 1.85. The Bertz CT molecular complexity index is 406. The summed E-state index contributed by atoms with van der Waals surface area (Å²) >= 11 is 5.12. The lowest BCUT2D eigenvalue weighted by Crippen LogP contribution is -2.35. The summed E-state index contributed by atoms with van der Waals surface area (Å²) in [6, 6.07) is 2.05. The molecule has 7 heteroatoms. The maximum atomic E-state index is 13.0. The number of rotatable bonds is 2. The zero-order chi connectivity index (χ0) is 12.1. The lowest BCUT2D eigenvalue weighted by molar-refractivity contribution is -0.117. The second kappa shape index (κ2) is 5.41. The molecule has 2 N–H and O–H groups in total. The van der Waals surface area contributed by atoms with Gasteiger partial charge in [0.05, 0.1) is 0 Å². The number of carbonyl (C=O) groups is 2. The van der Waals surface area contributed by atoms with Gasteiger partial charge in [-0.25, -0.2) is 13.6 Å². The number of hydrogen-bond acceptors (Lipinski definition) is 2. The summed E-state index contributed by atoms with van der Waals surface area (Å²) in [5.74, 6) is -3.06. The summed E-state index contributed by atoms with van der Waals surface area (Å²) < 4.78 is 26.1. The van der Waals surface area contributed by atoms with Crippen molar-refractivity contribution in [2.45, 2.75) is 0 Å². The standard InChI is InChI=1S/C9H7ClF2N2O2/c10-4-7(15)13-9(16)14-8-5(11)2-1-3-6(8)12/h1-3H,4H2,(H2,13,14,15,16). The SMILES string of the molecule is O=C(CCl)NC(=O)Nc1c(F)cccc1F. The summed E-state index contributed by atoms with van der Waals surface area (Å²) in [4.78, 5) is 21.7. The van der Waals surface area contributed by atoms with Gasteiger partial charge in [0.15, 0.2) is 0 Å². The molecular weight excluding hydrogens is 242 g/mol. The van der Waals surface area contributed by atoms with E-state index in [2.05, 4.69) is 0 Å². The first kappa shape index (κ1) is 12.4. The van der Waals surface area contributed by atoms with Crippen molar-refractivity contribution in [1.29, 1.82) is 0 Å². The van der Waals surface area contributed by atoms with Crippen LogP contribution in [0.1, 0.15) is 0 Å². The molecule has 0 unspecified atom stereocenters. The number of alkyl halides is 1. The van der Waals surface area contributed by atoms with Crippen molar-refractivity contribution in [3.05, 3.63) is 29.8 Å². The third-order valence-electron chi connectivity index (χ3n) is 1.58. The van der Waals surface area contributed by atoms with Crippen molar-refractivity contribution in [3.63, 3.8) is 0 Å². The fourth-order valence-corrected chi connectivity index (χ4v) is 0.989. The molecule has 3 amide bonds. The van der Waals surface area contributed by atoms with Crippen LogP contribution in [0.25, 0.3) is 0 Å². The minimum Gasteiger partial charge on any atom is -0.302 e. The molecule has 0 aliphatic heterocycles. The van der Waals surface area contributed by atoms with E-state index in [1.165, 1.54) is 0 Å². The van der Waals surface area contributed by atoms with Crippen LogP contribution in [-0.4, -0.2) is 17.8 Å². The third kappa shape index (κ3) is 3.16. The Hall–Kier alpha value is -1.69. The summed E-state index contributed by atoms with van der Waals surface area (Å²) in [5.41, 5.74) is -0.623. The van der Waals surface area contributed by atoms with Crippen molar-refractivity contribution in [2.75, 3.05) is 11.2 Å². The number of carbonyl (C=O) groups excluding carboxylic acids is 2. The number of anilines is 1. The van der Waals surface area contributed by atoms with Crippen LogP contribution in [0.15, 0.2) is 18.2 Å². The quantitative estimate of drug-likeness (QED) is 0.785. The molecule has 0 spiro atoms. The second-order valence-corrected chi connectivity index (χ2v) is 3.00. The lowest BCUT2D eigenvalue weighted by atomic mass is 10.3. The smallest absolute Gasteiger partial charge is 0.302 e. The molecule has 0 aliphatic rings. The number of nitrogens with one attached hydrogen (secondary N) is 2. The molecule has 1 aromatic carbocycles. The van der Waals surface area contributed by atoms with Gasteiger partial charge < -0.3 is 5.32 Å². The van der Waals surface area contributed by atoms with Crippen molar-refractivity contribution in [3.8, 4) is 0 Å². The Morgan fingerprint density at radius 1 is 1.25 bits per heavy atom. The molecule has 0 atom stereocenters. The molecule has 16 heavy (non-hydrogen) atoms. The largest absolute Gasteiger partial charge is 0.326 e. The monoisotopic (exact) mass is 248 g/mol. The Morgan fingerprint density at radius 3 is 2.31 bits per heavy atom. The molecule has 0 heterocycles. The lowest BCUT2D eigenvalue weighted by Gasteiger charge is -2.07. The molecule has 0 saturated carbocycles. The van der Waals surface area contributed by atoms with Crippen LogP contribution in [-0.2, 0) is 4.79 Å². The van der Waals surface area contributed by atoms with Gasteiger partial charge in [-0.2, -0.15) is 0 Å². The molecule has 0 fully saturated rings. The molecule has 0 saturated heterocycles. The van der Waals surface area contributed by atoms with E-state index in [1.807, 2.05) is 5.32 Å². The molecule has 1 aromatic rings. The van der Waals surface area contributed by atoms with Crippen LogP contribution >= 0.6 is 11.6 Å². The number of imide groups is 1. The molecule has 4 nitrogen and oxygen atoms in total. The van der Waals surface area contributed by atoms with E-state index < -0.39 is 35.1 Å². The number of hydrogen-bond donors (Lipinski definition) is 2. The number of amides is 3. The molecule has 1 rings (SSSR count). The molecule has 0 bridgehead atoms. The van der Waals surface area contributed by atoms with E-state index in [4.69, 9.17) is 11.6 Å². The normalized spacial score (nSPS) is 9.69. The average Bonchev–Trinajstić information content (AvgIpc) is 2.23. The van der Waals surface area contributed by atoms with Gasteiger partial charge in [-0.05, 0) is 12.1 Å². The highest BCUT2D eigenvalue weighted by Gasteiger charge is 2.13. The molecule has 0 aromatic heterocycles. The molecule has 0 radical (unpaired) electrons. The van der Waals surface area contributed by atoms with Gasteiger partial charge in [0.25, 0.3) is 0 Å². The zero-order valence-electron chi connectivity index (χ0n) is 7.89. The van der Waals surface area contributed by atoms with Gasteiger partial charge in [0.1, 0.15) is 23.2 Å². The minimum absolute atomic E-state index is 0.423. The van der Waals surface area contributed by atoms with E-state index >= 15 is 0 Å². The Balaban J connectivity index is 2.73. The fraction of sp³-hybridized carbons (Fsp3) is 0.111. The predicted molar refractivity (Wildman–Crippen MR) is 54.2 cm³/mol. The van der Waals surface area contributed by atoms with Crippen LogP contribution in [0.2, 0.25) is 0 Å². The highest BCUT2D eigenvalue weighted by Crippen LogP contribution is 2.17. The first-order valence-electron chi connectivity index (χ1n) is 4.15. The first-order chi connectivity index (χ1) is 7.54. The molecular formula is C9H7ClF2N2O2. The van der Waals surface area contributed by atoms with E-state index in [0.717, 1.165) is 18.2 Å². The van der Waals surface area contributed by atoms with Crippen LogP contribution in [0.5, 0.6) is 0 Å². The summed E-state index contributed by atoms with van der Waals surface area (Å²) in [6.07, 6.45) is 0. The van der Waals surface area contributed by atoms with Gasteiger partial charge in [0, 0.05) is 0 Å². The van der Waals surface area contributed by atoms with Gasteiger partial charge >= 0.3 is 6.03 Å². The van der Waals surface area contributed by atoms with Crippen LogP contribution in [0.3, 0.4) is 0 Å². The van der Waals surface area contributed by atoms with Gasteiger partial charge in [-0.15, -0.1) is 11.6 Å². The number of benzene rings is 1. The van der Waals surface area contributed by atoms with E-state index in [1.54, 1.807) is 5.32 Å². The van der Waals surface area contributed by atoms with Crippen molar-refractivity contribution in [1.82, 2.24) is 5.32 Å². The summed E-state index contributed by atoms with van der Waals surface area (Å²) in [5, 5.41) is 3.64. The minimum atomic E-state index is -1.05. The van der Waals surface area contributed by atoms with Crippen LogP contribution in [0.4, 0.5) is 19.3 Å². The number of halogens is 3. The Labute approximate surface area is 94.6 Å².